The molecule has 2 aliphatic rings. The van der Waals surface area contributed by atoms with Gasteiger partial charge in [-0.2, -0.15) is 27.1 Å². The Morgan fingerprint density at radius 2 is 1.86 bits per heavy atom. The number of nitrogens with two attached hydrogens (primary N) is 1. The smallest absolute Gasteiger partial charge is 0.380 e. The number of carbonyl (C=O) groups excluding carboxylic acids is 1. The van der Waals surface area contributed by atoms with Gasteiger partial charge in [0.2, 0.25) is 5.91 Å². The fourth-order valence-corrected chi connectivity index (χ4v) is 6.60. The summed E-state index contributed by atoms with van der Waals surface area (Å²) in [6.45, 7) is 1.84. The zero-order valence-corrected chi connectivity index (χ0v) is 26.7. The van der Waals surface area contributed by atoms with Gasteiger partial charge in [-0.05, 0) is 74.4 Å². The van der Waals surface area contributed by atoms with Crippen molar-refractivity contribution in [3.05, 3.63) is 94.1 Å². The van der Waals surface area contributed by atoms with Crippen LogP contribution in [0.25, 0.3) is 22.1 Å². The van der Waals surface area contributed by atoms with Gasteiger partial charge in [0.1, 0.15) is 35.2 Å². The van der Waals surface area contributed by atoms with Crippen LogP contribution in [0.2, 0.25) is 0 Å². The van der Waals surface area contributed by atoms with Gasteiger partial charge in [-0.25, -0.2) is 13.8 Å². The van der Waals surface area contributed by atoms with Gasteiger partial charge in [-0.3, -0.25) is 9.48 Å². The second-order valence-corrected chi connectivity index (χ2v) is 13.1. The predicted octanol–water partition coefficient (Wildman–Crippen LogP) is 6.40. The zero-order valence-electron chi connectivity index (χ0n) is 26.7. The van der Waals surface area contributed by atoms with Gasteiger partial charge < -0.3 is 20.7 Å². The van der Waals surface area contributed by atoms with E-state index >= 15 is 8.78 Å². The lowest BCUT2D eigenvalue weighted by molar-refractivity contribution is -0.142. The molecule has 5 aromatic rings. The highest BCUT2D eigenvalue weighted by molar-refractivity contribution is 5.98. The van der Waals surface area contributed by atoms with E-state index in [-0.39, 0.29) is 41.2 Å². The molecule has 3 heterocycles. The highest BCUT2D eigenvalue weighted by Gasteiger charge is 2.68. The summed E-state index contributed by atoms with van der Waals surface area (Å²) in [6, 6.07) is 9.38. The molecule has 3 atom stereocenters. The van der Waals surface area contributed by atoms with E-state index in [0.717, 1.165) is 12.1 Å². The van der Waals surface area contributed by atoms with Crippen molar-refractivity contribution in [1.29, 1.82) is 0 Å². The monoisotopic (exact) mass is 712 g/mol. The van der Waals surface area contributed by atoms with E-state index in [1.54, 1.807) is 24.3 Å². The molecule has 264 valence electrons. The number of amides is 1. The van der Waals surface area contributed by atoms with E-state index in [0.29, 0.717) is 27.3 Å². The lowest BCUT2D eigenvalue weighted by Gasteiger charge is -2.23. The predicted molar refractivity (Wildman–Crippen MR) is 168 cm³/mol. The maximum atomic E-state index is 15.3. The third-order valence-corrected chi connectivity index (χ3v) is 8.76. The first-order chi connectivity index (χ1) is 23.9. The summed E-state index contributed by atoms with van der Waals surface area (Å²) >= 11 is 0. The van der Waals surface area contributed by atoms with E-state index < -0.39 is 76.6 Å². The molecule has 0 saturated heterocycles. The molecule has 51 heavy (non-hydrogen) atoms. The third-order valence-electron chi connectivity index (χ3n) is 8.76. The Bertz CT molecular complexity index is 2260. The Kier molecular flexibility index (Phi) is 7.90. The SMILES string of the molecule is CC(C)(O)C#Cc1ccc(-c2cccc3c(N)noc23)c([C@H](Cc2cc(F)cc(F)c2)NC(=O)Cn2nc(C(F)(F)F)c3c2C(F)(F)[C@@H]2C[C@H]32)n1. The van der Waals surface area contributed by atoms with Crippen LogP contribution in [0.4, 0.5) is 36.6 Å². The molecule has 0 aliphatic heterocycles. The summed E-state index contributed by atoms with van der Waals surface area (Å²) in [6.07, 6.45) is -5.50. The topological polar surface area (TPSA) is 132 Å². The number of hydrogen-bond acceptors (Lipinski definition) is 7. The molecule has 0 unspecified atom stereocenters. The van der Waals surface area contributed by atoms with Crippen molar-refractivity contribution in [2.75, 3.05) is 5.73 Å². The minimum absolute atomic E-state index is 0.0475. The molecule has 1 saturated carbocycles. The summed E-state index contributed by atoms with van der Waals surface area (Å²) in [4.78, 5) is 18.3. The number of aromatic nitrogens is 4. The number of carbonyl (C=O) groups is 1. The Hall–Kier alpha value is -5.43. The number of aliphatic hydroxyl groups is 1. The van der Waals surface area contributed by atoms with Gasteiger partial charge in [0, 0.05) is 28.7 Å². The molecule has 2 aliphatic carbocycles. The lowest BCUT2D eigenvalue weighted by Crippen LogP contribution is -2.35. The Morgan fingerprint density at radius 1 is 1.14 bits per heavy atom. The van der Waals surface area contributed by atoms with Gasteiger partial charge in [0.15, 0.2) is 17.1 Å². The fraction of sp³-hybridized carbons (Fsp3) is 0.314. The largest absolute Gasteiger partial charge is 0.435 e. The van der Waals surface area contributed by atoms with E-state index in [4.69, 9.17) is 10.3 Å². The molecule has 9 nitrogen and oxygen atoms in total. The summed E-state index contributed by atoms with van der Waals surface area (Å²) in [5.41, 5.74) is 2.59. The molecule has 7 rings (SSSR count). The van der Waals surface area contributed by atoms with Crippen LogP contribution in [0, 0.1) is 29.4 Å². The molecule has 4 N–H and O–H groups in total. The number of hydrogen-bond donors (Lipinski definition) is 3. The van der Waals surface area contributed by atoms with Crippen LogP contribution in [-0.2, 0) is 29.9 Å². The quantitative estimate of drug-likeness (QED) is 0.132. The molecule has 0 radical (unpaired) electrons. The number of anilines is 1. The summed E-state index contributed by atoms with van der Waals surface area (Å²) in [5, 5.41) is 20.5. The fourth-order valence-electron chi connectivity index (χ4n) is 6.60. The first kappa shape index (κ1) is 34.0. The van der Waals surface area contributed by atoms with Crippen molar-refractivity contribution in [3.63, 3.8) is 0 Å². The number of halogens is 7. The van der Waals surface area contributed by atoms with Gasteiger partial charge in [-0.1, -0.05) is 23.2 Å². The average Bonchev–Trinajstić information content (AvgIpc) is 3.53. The van der Waals surface area contributed by atoms with Crippen LogP contribution in [0.3, 0.4) is 0 Å². The second-order valence-electron chi connectivity index (χ2n) is 13.1. The zero-order chi connectivity index (χ0) is 36.6. The summed E-state index contributed by atoms with van der Waals surface area (Å²) in [7, 11) is 0. The molecule has 1 fully saturated rings. The average molecular weight is 713 g/mol. The van der Waals surface area contributed by atoms with Crippen LogP contribution >= 0.6 is 0 Å². The molecule has 16 heteroatoms. The molecule has 3 aromatic heterocycles. The molecular weight excluding hydrogens is 685 g/mol. The minimum atomic E-state index is -5.04. The number of nitrogens with zero attached hydrogens (tertiary/aromatic N) is 4. The molecule has 1 amide bonds. The maximum absolute atomic E-state index is 15.3. The first-order valence-corrected chi connectivity index (χ1v) is 15.6. The van der Waals surface area contributed by atoms with Gasteiger partial charge in [-0.15, -0.1) is 0 Å². The number of pyridine rings is 1. The van der Waals surface area contributed by atoms with E-state index in [2.05, 4.69) is 32.4 Å². The van der Waals surface area contributed by atoms with Crippen molar-refractivity contribution >= 4 is 22.7 Å². The highest BCUT2D eigenvalue weighted by Crippen LogP contribution is 2.68. The summed E-state index contributed by atoms with van der Waals surface area (Å²) < 4.78 is 107. The van der Waals surface area contributed by atoms with Crippen molar-refractivity contribution in [1.82, 2.24) is 25.2 Å². The Morgan fingerprint density at radius 3 is 2.55 bits per heavy atom. The highest BCUT2D eigenvalue weighted by atomic mass is 19.4. The van der Waals surface area contributed by atoms with Crippen LogP contribution in [0.5, 0.6) is 0 Å². The number of benzene rings is 2. The van der Waals surface area contributed by atoms with E-state index in [1.165, 1.54) is 19.9 Å². The van der Waals surface area contributed by atoms with E-state index in [9.17, 15) is 31.9 Å². The van der Waals surface area contributed by atoms with Gasteiger partial charge in [0.05, 0.1) is 17.1 Å². The van der Waals surface area contributed by atoms with Crippen LogP contribution < -0.4 is 11.1 Å². The standard InChI is InChI=1S/C35H27F7N6O3/c1-33(2,50)9-8-19-6-7-20(21-4-3-5-22-29(21)51-47-32(22)43)28(44-19)25(12-16-10-17(36)13-18(37)11-16)45-26(49)15-48-31-27(30(46-48)35(40,41)42)23-14-24(23)34(31,38)39/h3-7,10-11,13,23-25,50H,12,14-15H2,1-2H3,(H2,43,47)(H,45,49)/t23-,24+,25-/m0/s1. The van der Waals surface area contributed by atoms with E-state index in [1.807, 2.05) is 0 Å². The van der Waals surface area contributed by atoms with Crippen LogP contribution in [0.1, 0.15) is 66.1 Å². The number of nitrogens with one attached hydrogen (secondary N) is 1. The van der Waals surface area contributed by atoms with Crippen molar-refractivity contribution in [2.45, 2.75) is 62.9 Å². The number of nitrogen functional groups attached to an aromatic ring is 1. The number of alkyl halides is 5. The molecule has 0 spiro atoms. The van der Waals surface area contributed by atoms with Crippen LogP contribution in [-0.4, -0.2) is 36.5 Å². The maximum Gasteiger partial charge on any atom is 0.435 e. The molecule has 0 bridgehead atoms. The van der Waals surface area contributed by atoms with Gasteiger partial charge >= 0.3 is 6.18 Å². The number of rotatable bonds is 7. The number of para-hydroxylation sites is 1. The Balaban J connectivity index is 1.34. The van der Waals surface area contributed by atoms with Crippen molar-refractivity contribution in [3.8, 4) is 23.0 Å². The lowest BCUT2D eigenvalue weighted by atomic mass is 9.94. The molecule has 2 aromatic carbocycles. The normalized spacial score (nSPS) is 18.2. The Labute approximate surface area is 284 Å². The van der Waals surface area contributed by atoms with Gasteiger partial charge in [0.25, 0.3) is 5.92 Å². The number of fused-ring (bicyclic) bond motifs is 4. The first-order valence-electron chi connectivity index (χ1n) is 15.6. The molecular formula is C35H27F7N6O3. The summed E-state index contributed by atoms with van der Waals surface area (Å²) in [5.74, 6) is -3.45. The third kappa shape index (κ3) is 6.37. The van der Waals surface area contributed by atoms with Crippen molar-refractivity contribution in [2.24, 2.45) is 5.92 Å². The second kappa shape index (κ2) is 11.8. The minimum Gasteiger partial charge on any atom is -0.380 e. The van der Waals surface area contributed by atoms with Crippen molar-refractivity contribution < 1.29 is 45.2 Å². The van der Waals surface area contributed by atoms with Crippen LogP contribution in [0.15, 0.2) is 53.1 Å².